The number of amides is 1. The number of halogens is 3. The van der Waals surface area contributed by atoms with Gasteiger partial charge in [-0.05, 0) is 12.1 Å². The summed E-state index contributed by atoms with van der Waals surface area (Å²) in [5.74, 6) is -1.78. The molecule has 0 bridgehead atoms. The van der Waals surface area contributed by atoms with Crippen LogP contribution in [0, 0.1) is 0 Å². The number of hydrogen-bond donors (Lipinski definition) is 3. The predicted octanol–water partition coefficient (Wildman–Crippen LogP) is 4.04. The summed E-state index contributed by atoms with van der Waals surface area (Å²) in [6, 6.07) is 7.55. The molecule has 1 aromatic heterocycles. The van der Waals surface area contributed by atoms with Crippen molar-refractivity contribution in [2.24, 2.45) is 0 Å². The maximum atomic E-state index is 12.1. The van der Waals surface area contributed by atoms with Crippen molar-refractivity contribution in [2.45, 2.75) is 12.6 Å². The number of aliphatic carboxylic acids is 2. The van der Waals surface area contributed by atoms with Crippen molar-refractivity contribution in [2.75, 3.05) is 25.2 Å². The first-order chi connectivity index (χ1) is 15.1. The summed E-state index contributed by atoms with van der Waals surface area (Å²) in [6.07, 6.45) is -4.94. The van der Waals surface area contributed by atoms with Gasteiger partial charge in [0.25, 0.3) is 5.91 Å². The molecule has 0 aliphatic heterocycles. The van der Waals surface area contributed by atoms with Crippen LogP contribution in [-0.4, -0.2) is 64.4 Å². The maximum absolute atomic E-state index is 12.1. The lowest BCUT2D eigenvalue weighted by Crippen LogP contribution is -2.25. The van der Waals surface area contributed by atoms with Crippen molar-refractivity contribution in [1.29, 1.82) is 0 Å². The van der Waals surface area contributed by atoms with Crippen LogP contribution in [0.25, 0.3) is 10.6 Å². The van der Waals surface area contributed by atoms with Gasteiger partial charge in [-0.25, -0.2) is 9.78 Å². The first-order valence-electron chi connectivity index (χ1n) is 8.69. The number of carbonyl (C=O) groups excluding carboxylic acids is 1. The van der Waals surface area contributed by atoms with E-state index < -0.39 is 18.1 Å². The van der Waals surface area contributed by atoms with Crippen LogP contribution in [0.1, 0.15) is 16.9 Å². The highest BCUT2D eigenvalue weighted by molar-refractivity contribution is 8.76. The molecule has 176 valence electrons. The molecule has 0 aliphatic carbocycles. The van der Waals surface area contributed by atoms with E-state index in [4.69, 9.17) is 19.7 Å². The monoisotopic (exact) mass is 512 g/mol. The first-order valence-corrected chi connectivity index (χ1v) is 12.1. The van der Waals surface area contributed by atoms with Gasteiger partial charge in [-0.15, -0.1) is 11.3 Å². The molecule has 14 heteroatoms. The third-order valence-corrected chi connectivity index (χ3v) is 6.55. The van der Waals surface area contributed by atoms with Crippen LogP contribution >= 0.6 is 32.9 Å². The number of aromatic nitrogens is 1. The van der Waals surface area contributed by atoms with Gasteiger partial charge in [0.2, 0.25) is 0 Å². The van der Waals surface area contributed by atoms with Gasteiger partial charge in [0.05, 0.1) is 19.1 Å². The van der Waals surface area contributed by atoms with E-state index in [1.165, 1.54) is 22.1 Å². The van der Waals surface area contributed by atoms with Gasteiger partial charge < -0.3 is 20.3 Å². The van der Waals surface area contributed by atoms with Gasteiger partial charge in [-0.1, -0.05) is 33.7 Å². The molecule has 2 aromatic rings. The van der Waals surface area contributed by atoms with Crippen molar-refractivity contribution in [3.05, 3.63) is 35.3 Å². The molecular formula is C18H19F3N2O6S3. The summed E-state index contributed by atoms with van der Waals surface area (Å²) >= 11 is 1.40. The number of benzene rings is 1. The van der Waals surface area contributed by atoms with Crippen molar-refractivity contribution in [3.63, 3.8) is 0 Å². The summed E-state index contributed by atoms with van der Waals surface area (Å²) in [4.78, 5) is 35.8. The van der Waals surface area contributed by atoms with E-state index in [1.54, 1.807) is 23.3 Å². The maximum Gasteiger partial charge on any atom is 0.490 e. The molecule has 3 N–H and O–H groups in total. The van der Waals surface area contributed by atoms with Crippen molar-refractivity contribution in [3.8, 4) is 16.3 Å². The highest BCUT2D eigenvalue weighted by Crippen LogP contribution is 2.31. The molecule has 0 unspecified atom stereocenters. The van der Waals surface area contributed by atoms with Gasteiger partial charge in [0, 0.05) is 23.4 Å². The molecule has 8 nitrogen and oxygen atoms in total. The molecule has 0 atom stereocenters. The normalized spacial score (nSPS) is 10.6. The number of hydrogen-bond acceptors (Lipinski definition) is 8. The molecule has 0 aliphatic rings. The predicted molar refractivity (Wildman–Crippen MR) is 117 cm³/mol. The molecule has 1 heterocycles. The van der Waals surface area contributed by atoms with Crippen LogP contribution in [-0.2, 0) is 9.59 Å². The van der Waals surface area contributed by atoms with Crippen molar-refractivity contribution >= 4 is 50.8 Å². The van der Waals surface area contributed by atoms with Crippen molar-refractivity contribution in [1.82, 2.24) is 10.3 Å². The first kappa shape index (κ1) is 27.6. The Balaban J connectivity index is 0.000000633. The van der Waals surface area contributed by atoms with E-state index in [0.717, 1.165) is 16.3 Å². The lowest BCUT2D eigenvalue weighted by Gasteiger charge is -2.05. The number of thiazole rings is 1. The van der Waals surface area contributed by atoms with Gasteiger partial charge >= 0.3 is 18.1 Å². The number of alkyl halides is 3. The van der Waals surface area contributed by atoms with E-state index in [2.05, 4.69) is 10.3 Å². The second kappa shape index (κ2) is 13.9. The average molecular weight is 513 g/mol. The molecule has 1 aromatic carbocycles. The highest BCUT2D eigenvalue weighted by Gasteiger charge is 2.38. The van der Waals surface area contributed by atoms with Gasteiger partial charge in [0.15, 0.2) is 0 Å². The van der Waals surface area contributed by atoms with Crippen molar-refractivity contribution < 1.29 is 42.5 Å². The Hall–Kier alpha value is -2.45. The topological polar surface area (TPSA) is 126 Å². The zero-order valence-corrected chi connectivity index (χ0v) is 19.0. The van der Waals surface area contributed by atoms with Gasteiger partial charge in [0.1, 0.15) is 16.5 Å². The minimum Gasteiger partial charge on any atom is -0.496 e. The van der Waals surface area contributed by atoms with E-state index >= 15 is 0 Å². The molecule has 0 saturated carbocycles. The Morgan fingerprint density at radius 3 is 2.38 bits per heavy atom. The van der Waals surface area contributed by atoms with Gasteiger partial charge in [-0.2, -0.15) is 13.2 Å². The smallest absolute Gasteiger partial charge is 0.490 e. The number of rotatable bonds is 10. The zero-order valence-electron chi connectivity index (χ0n) is 16.5. The SMILES string of the molecule is COc1ccccc1-c1nc(C(=O)NCCSSCCC(=O)O)cs1.O=C(O)C(F)(F)F. The number of nitrogens with one attached hydrogen (secondary N) is 1. The lowest BCUT2D eigenvalue weighted by molar-refractivity contribution is -0.192. The number of carboxylic acids is 2. The summed E-state index contributed by atoms with van der Waals surface area (Å²) in [5.41, 5.74) is 1.24. The number of ether oxygens (including phenoxy) is 1. The molecule has 0 spiro atoms. The summed E-state index contributed by atoms with van der Waals surface area (Å²) < 4.78 is 37.1. The summed E-state index contributed by atoms with van der Waals surface area (Å²) in [7, 11) is 4.64. The molecule has 0 fully saturated rings. The molecule has 32 heavy (non-hydrogen) atoms. The van der Waals surface area contributed by atoms with Gasteiger partial charge in [-0.3, -0.25) is 9.59 Å². The third kappa shape index (κ3) is 10.2. The Kier molecular flexibility index (Phi) is 11.9. The van der Waals surface area contributed by atoms with E-state index in [9.17, 15) is 22.8 Å². The summed E-state index contributed by atoms with van der Waals surface area (Å²) in [5, 5.41) is 20.9. The average Bonchev–Trinajstić information content (AvgIpc) is 3.22. The van der Waals surface area contributed by atoms with E-state index in [1.807, 2.05) is 24.3 Å². The number of carbonyl (C=O) groups is 3. The Morgan fingerprint density at radius 1 is 1.16 bits per heavy atom. The quantitative estimate of drug-likeness (QED) is 0.319. The van der Waals surface area contributed by atoms with Crippen LogP contribution < -0.4 is 10.1 Å². The molecule has 2 rings (SSSR count). The second-order valence-electron chi connectivity index (χ2n) is 5.58. The number of methoxy groups -OCH3 is 1. The lowest BCUT2D eigenvalue weighted by atomic mass is 10.2. The summed E-state index contributed by atoms with van der Waals surface area (Å²) in [6.45, 7) is 0.505. The number of carboxylic acid groups (broad SMARTS) is 2. The van der Waals surface area contributed by atoms with E-state index in [0.29, 0.717) is 23.7 Å². The Bertz CT molecular complexity index is 908. The Morgan fingerprint density at radius 2 is 1.78 bits per heavy atom. The zero-order chi connectivity index (χ0) is 24.1. The van der Waals surface area contributed by atoms with Crippen LogP contribution in [0.4, 0.5) is 13.2 Å². The molecule has 1 amide bonds. The molecule has 0 saturated heterocycles. The fourth-order valence-electron chi connectivity index (χ4n) is 1.87. The molecule has 0 radical (unpaired) electrons. The highest BCUT2D eigenvalue weighted by atomic mass is 33.1. The molecular weight excluding hydrogens is 493 g/mol. The number of nitrogens with zero attached hydrogens (tertiary/aromatic N) is 1. The second-order valence-corrected chi connectivity index (χ2v) is 9.14. The minimum absolute atomic E-state index is 0.147. The van der Waals surface area contributed by atoms with E-state index in [-0.39, 0.29) is 12.3 Å². The van der Waals surface area contributed by atoms with Crippen LogP contribution in [0.3, 0.4) is 0 Å². The largest absolute Gasteiger partial charge is 0.496 e. The van der Waals surface area contributed by atoms with Crippen LogP contribution in [0.5, 0.6) is 5.75 Å². The standard InChI is InChI=1S/C16H18N2O4S3.C2HF3O2/c1-22-13-5-3-2-4-11(13)16-18-12(10-23-16)15(21)17-7-9-25-24-8-6-14(19)20;3-2(4,5)1(6)7/h2-5,10H,6-9H2,1H3,(H,17,21)(H,19,20);(H,6,7). The van der Waals surface area contributed by atoms with Crippen LogP contribution in [0.2, 0.25) is 0 Å². The fraction of sp³-hybridized carbons (Fsp3) is 0.333. The Labute approximate surface area is 193 Å². The minimum atomic E-state index is -5.08. The number of para-hydroxylation sites is 1. The fourth-order valence-corrected chi connectivity index (χ4v) is 4.58. The van der Waals surface area contributed by atoms with Crippen LogP contribution in [0.15, 0.2) is 29.6 Å². The third-order valence-electron chi connectivity index (χ3n) is 3.27.